The van der Waals surface area contributed by atoms with Gasteiger partial charge in [0.25, 0.3) is 0 Å². The molecule has 2 N–H and O–H groups in total. The zero-order valence-corrected chi connectivity index (χ0v) is 12.9. The number of hydrogen-bond acceptors (Lipinski definition) is 3. The smallest absolute Gasteiger partial charge is 0.239 e. The lowest BCUT2D eigenvalue weighted by Gasteiger charge is -2.22. The summed E-state index contributed by atoms with van der Waals surface area (Å²) in [5.74, 6) is 0.0202. The van der Waals surface area contributed by atoms with Crippen molar-refractivity contribution in [1.29, 1.82) is 0 Å². The number of halogens is 2. The fourth-order valence-corrected chi connectivity index (χ4v) is 2.10. The van der Waals surface area contributed by atoms with E-state index in [1.54, 1.807) is 0 Å². The molecule has 0 aliphatic carbocycles. The van der Waals surface area contributed by atoms with E-state index in [1.807, 2.05) is 12.1 Å². The van der Waals surface area contributed by atoms with Crippen LogP contribution in [-0.4, -0.2) is 38.3 Å². The fourth-order valence-electron chi connectivity index (χ4n) is 1.84. The third kappa shape index (κ3) is 5.48. The highest BCUT2D eigenvalue weighted by Gasteiger charge is 2.20. The Labute approximate surface area is 127 Å². The molecule has 0 bridgehead atoms. The standard InChI is InChI=1S/C13H17BrN2O2.ClH/c14-11-3-1-10(2-4-11)5-6-16-13(17)12-9-18-8-7-15-12;/h1-4,12,15H,5-9H2,(H,16,17);1H. The first-order valence-corrected chi connectivity index (χ1v) is 6.88. The summed E-state index contributed by atoms with van der Waals surface area (Å²) in [6.07, 6.45) is 0.840. The summed E-state index contributed by atoms with van der Waals surface area (Å²) in [6.45, 7) is 2.54. The van der Waals surface area contributed by atoms with Crippen molar-refractivity contribution in [3.05, 3.63) is 34.3 Å². The minimum atomic E-state index is -0.205. The monoisotopic (exact) mass is 348 g/mol. The van der Waals surface area contributed by atoms with E-state index < -0.39 is 0 Å². The molecule has 1 amide bonds. The Morgan fingerprint density at radius 1 is 1.42 bits per heavy atom. The summed E-state index contributed by atoms with van der Waals surface area (Å²) in [5, 5.41) is 6.05. The highest BCUT2D eigenvalue weighted by molar-refractivity contribution is 9.10. The number of morpholine rings is 1. The van der Waals surface area contributed by atoms with Crippen LogP contribution in [0.15, 0.2) is 28.7 Å². The van der Waals surface area contributed by atoms with Crippen LogP contribution in [0.2, 0.25) is 0 Å². The van der Waals surface area contributed by atoms with Crippen molar-refractivity contribution in [1.82, 2.24) is 10.6 Å². The van der Waals surface area contributed by atoms with Crippen LogP contribution in [0.1, 0.15) is 5.56 Å². The molecule has 6 heteroatoms. The van der Waals surface area contributed by atoms with Crippen LogP contribution >= 0.6 is 28.3 Å². The largest absolute Gasteiger partial charge is 0.378 e. The number of carbonyl (C=O) groups excluding carboxylic acids is 1. The van der Waals surface area contributed by atoms with Crippen LogP contribution in [-0.2, 0) is 16.0 Å². The number of rotatable bonds is 4. The maximum absolute atomic E-state index is 11.8. The molecule has 1 heterocycles. The molecule has 1 aliphatic heterocycles. The maximum Gasteiger partial charge on any atom is 0.239 e. The number of hydrogen-bond donors (Lipinski definition) is 2. The van der Waals surface area contributed by atoms with Gasteiger partial charge in [-0.3, -0.25) is 4.79 Å². The van der Waals surface area contributed by atoms with Gasteiger partial charge in [0.1, 0.15) is 6.04 Å². The van der Waals surface area contributed by atoms with Crippen LogP contribution in [0.4, 0.5) is 0 Å². The van der Waals surface area contributed by atoms with Gasteiger partial charge < -0.3 is 15.4 Å². The third-order valence-corrected chi connectivity index (χ3v) is 3.39. The van der Waals surface area contributed by atoms with E-state index in [4.69, 9.17) is 4.74 Å². The number of amides is 1. The van der Waals surface area contributed by atoms with Crippen molar-refractivity contribution in [3.8, 4) is 0 Å². The fraction of sp³-hybridized carbons (Fsp3) is 0.462. The van der Waals surface area contributed by atoms with Crippen LogP contribution in [0.3, 0.4) is 0 Å². The lowest BCUT2D eigenvalue weighted by atomic mass is 10.1. The van der Waals surface area contributed by atoms with Gasteiger partial charge in [-0.2, -0.15) is 0 Å². The molecule has 1 unspecified atom stereocenters. The Morgan fingerprint density at radius 2 is 2.16 bits per heavy atom. The van der Waals surface area contributed by atoms with Crippen molar-refractivity contribution in [2.75, 3.05) is 26.3 Å². The molecule has 0 spiro atoms. The molecule has 0 saturated carbocycles. The zero-order valence-electron chi connectivity index (χ0n) is 10.5. The first-order chi connectivity index (χ1) is 8.75. The van der Waals surface area contributed by atoms with Crippen LogP contribution in [0.5, 0.6) is 0 Å². The van der Waals surface area contributed by atoms with Gasteiger partial charge in [-0.15, -0.1) is 12.4 Å². The molecule has 0 radical (unpaired) electrons. The average Bonchev–Trinajstić information content (AvgIpc) is 2.42. The molecular formula is C13H18BrClN2O2. The Hall–Kier alpha value is -0.620. The molecule has 1 aromatic carbocycles. The zero-order chi connectivity index (χ0) is 12.8. The van der Waals surface area contributed by atoms with Crippen LogP contribution < -0.4 is 10.6 Å². The van der Waals surface area contributed by atoms with E-state index in [-0.39, 0.29) is 24.4 Å². The molecule has 1 aromatic rings. The Bertz CT molecular complexity index is 394. The summed E-state index contributed by atoms with van der Waals surface area (Å²) >= 11 is 3.40. The molecule has 0 aromatic heterocycles. The van der Waals surface area contributed by atoms with E-state index in [1.165, 1.54) is 5.56 Å². The van der Waals surface area contributed by atoms with Crippen molar-refractivity contribution in [2.45, 2.75) is 12.5 Å². The molecular weight excluding hydrogens is 332 g/mol. The Morgan fingerprint density at radius 3 is 2.79 bits per heavy atom. The van der Waals surface area contributed by atoms with Gasteiger partial charge >= 0.3 is 0 Å². The number of benzene rings is 1. The molecule has 19 heavy (non-hydrogen) atoms. The van der Waals surface area contributed by atoms with Crippen molar-refractivity contribution in [3.63, 3.8) is 0 Å². The first kappa shape index (κ1) is 16.4. The summed E-state index contributed by atoms with van der Waals surface area (Å²) < 4.78 is 6.32. The summed E-state index contributed by atoms with van der Waals surface area (Å²) in [4.78, 5) is 11.8. The number of ether oxygens (including phenoxy) is 1. The minimum Gasteiger partial charge on any atom is -0.378 e. The van der Waals surface area contributed by atoms with Gasteiger partial charge in [0.15, 0.2) is 0 Å². The van der Waals surface area contributed by atoms with Crippen LogP contribution in [0, 0.1) is 0 Å². The van der Waals surface area contributed by atoms with Crippen molar-refractivity contribution >= 4 is 34.2 Å². The lowest BCUT2D eigenvalue weighted by Crippen LogP contribution is -2.51. The summed E-state index contributed by atoms with van der Waals surface area (Å²) in [5.41, 5.74) is 1.21. The topological polar surface area (TPSA) is 50.4 Å². The summed E-state index contributed by atoms with van der Waals surface area (Å²) in [6, 6.07) is 7.92. The van der Waals surface area contributed by atoms with Crippen LogP contribution in [0.25, 0.3) is 0 Å². The van der Waals surface area contributed by atoms with Gasteiger partial charge in [-0.05, 0) is 24.1 Å². The predicted molar refractivity (Wildman–Crippen MR) is 80.7 cm³/mol. The Kier molecular flexibility index (Phi) is 7.38. The maximum atomic E-state index is 11.8. The molecule has 1 fully saturated rings. The van der Waals surface area contributed by atoms with Crippen molar-refractivity contribution < 1.29 is 9.53 Å². The molecule has 2 rings (SSSR count). The molecule has 4 nitrogen and oxygen atoms in total. The third-order valence-electron chi connectivity index (χ3n) is 2.86. The van der Waals surface area contributed by atoms with Gasteiger partial charge in [-0.25, -0.2) is 0 Å². The molecule has 1 saturated heterocycles. The predicted octanol–water partition coefficient (Wildman–Crippen LogP) is 1.52. The second-order valence-electron chi connectivity index (χ2n) is 4.25. The second-order valence-corrected chi connectivity index (χ2v) is 5.16. The lowest BCUT2D eigenvalue weighted by molar-refractivity contribution is -0.125. The minimum absolute atomic E-state index is 0. The second kappa shape index (κ2) is 8.53. The SMILES string of the molecule is Cl.O=C(NCCc1ccc(Br)cc1)C1COCCN1. The molecule has 1 aliphatic rings. The van der Waals surface area contributed by atoms with E-state index >= 15 is 0 Å². The molecule has 106 valence electrons. The first-order valence-electron chi connectivity index (χ1n) is 6.09. The number of nitrogens with one attached hydrogen (secondary N) is 2. The van der Waals surface area contributed by atoms with Crippen molar-refractivity contribution in [2.24, 2.45) is 0 Å². The number of carbonyl (C=O) groups is 1. The van der Waals surface area contributed by atoms with E-state index in [2.05, 4.69) is 38.7 Å². The van der Waals surface area contributed by atoms with Gasteiger partial charge in [-0.1, -0.05) is 28.1 Å². The van der Waals surface area contributed by atoms with Gasteiger partial charge in [0.05, 0.1) is 13.2 Å². The normalized spacial score (nSPS) is 18.5. The quantitative estimate of drug-likeness (QED) is 0.866. The van der Waals surface area contributed by atoms with Gasteiger partial charge in [0.2, 0.25) is 5.91 Å². The average molecular weight is 350 g/mol. The summed E-state index contributed by atoms with van der Waals surface area (Å²) in [7, 11) is 0. The van der Waals surface area contributed by atoms with E-state index in [9.17, 15) is 4.79 Å². The highest BCUT2D eigenvalue weighted by Crippen LogP contribution is 2.10. The highest BCUT2D eigenvalue weighted by atomic mass is 79.9. The van der Waals surface area contributed by atoms with E-state index in [0.29, 0.717) is 19.8 Å². The molecule has 1 atom stereocenters. The van der Waals surface area contributed by atoms with E-state index in [0.717, 1.165) is 17.4 Å². The van der Waals surface area contributed by atoms with Gasteiger partial charge in [0, 0.05) is 17.6 Å². The Balaban J connectivity index is 0.00000180.